The first-order valence-electron chi connectivity index (χ1n) is 18.0. The van der Waals surface area contributed by atoms with E-state index in [1.54, 1.807) is 0 Å². The zero-order chi connectivity index (χ0) is 34.5. The predicted octanol–water partition coefficient (Wildman–Crippen LogP) is 13.6. The van der Waals surface area contributed by atoms with Crippen LogP contribution in [0.25, 0.3) is 88.0 Å². The standard InChI is InChI=1S/C50H34N2/c1-51-45-25-26-46-50-44(42-22-20-40(30-48(42)52(46)2)38-18-16-32-8-4-6-10-36(32)28-38)24-23-43(49(45)50)41-21-19-39(29-47(41)51)34-13-11-33(12-14-34)37-17-15-31-7-3-5-9-35(31)27-37/h3-30H,1-2H3. The molecule has 2 nitrogen and oxygen atoms in total. The summed E-state index contributed by atoms with van der Waals surface area (Å²) in [4.78, 5) is 4.77. The van der Waals surface area contributed by atoms with Gasteiger partial charge in [0.15, 0.2) is 0 Å². The lowest BCUT2D eigenvalue weighted by atomic mass is 9.83. The molecule has 0 aromatic heterocycles. The molecule has 2 aliphatic rings. The fourth-order valence-corrected chi connectivity index (χ4v) is 8.75. The van der Waals surface area contributed by atoms with Gasteiger partial charge in [0, 0.05) is 58.7 Å². The Labute approximate surface area is 303 Å². The van der Waals surface area contributed by atoms with Crippen LogP contribution in [0.5, 0.6) is 0 Å². The predicted molar refractivity (Wildman–Crippen MR) is 222 cm³/mol. The maximum absolute atomic E-state index is 2.39. The Morgan fingerprint density at radius 2 is 0.615 bits per heavy atom. The third-order valence-corrected chi connectivity index (χ3v) is 11.5. The average molecular weight is 663 g/mol. The zero-order valence-electron chi connectivity index (χ0n) is 29.1. The van der Waals surface area contributed by atoms with Gasteiger partial charge in [0.1, 0.15) is 0 Å². The molecule has 0 N–H and O–H groups in total. The number of rotatable bonds is 3. The molecule has 244 valence electrons. The summed E-state index contributed by atoms with van der Waals surface area (Å²) in [5.74, 6) is 0. The van der Waals surface area contributed by atoms with Crippen LogP contribution in [0, 0.1) is 0 Å². The molecule has 0 aliphatic carbocycles. The molecule has 2 heterocycles. The molecular weight excluding hydrogens is 629 g/mol. The summed E-state index contributed by atoms with van der Waals surface area (Å²) in [5.41, 5.74) is 17.5. The van der Waals surface area contributed by atoms with Gasteiger partial charge in [0.05, 0.1) is 0 Å². The Kier molecular flexibility index (Phi) is 6.12. The normalized spacial score (nSPS) is 12.7. The molecule has 0 unspecified atom stereocenters. The van der Waals surface area contributed by atoms with Gasteiger partial charge in [0.2, 0.25) is 0 Å². The number of anilines is 4. The van der Waals surface area contributed by atoms with E-state index in [0.29, 0.717) is 0 Å². The molecule has 0 fully saturated rings. The third-order valence-electron chi connectivity index (χ3n) is 11.5. The zero-order valence-corrected chi connectivity index (χ0v) is 29.1. The van der Waals surface area contributed by atoms with Crippen LogP contribution in [0.4, 0.5) is 22.7 Å². The van der Waals surface area contributed by atoms with Crippen LogP contribution in [0.3, 0.4) is 0 Å². The van der Waals surface area contributed by atoms with Gasteiger partial charge in [-0.15, -0.1) is 0 Å². The van der Waals surface area contributed by atoms with Crippen LogP contribution in [0.15, 0.2) is 170 Å². The minimum absolute atomic E-state index is 1.22. The second kappa shape index (κ2) is 10.9. The maximum atomic E-state index is 2.39. The Balaban J connectivity index is 0.976. The van der Waals surface area contributed by atoms with E-state index in [9.17, 15) is 0 Å². The Bertz CT molecular complexity index is 2940. The van der Waals surface area contributed by atoms with Crippen LogP contribution in [0.2, 0.25) is 0 Å². The smallest absolute Gasteiger partial charge is 0.0496 e. The van der Waals surface area contributed by atoms with Crippen molar-refractivity contribution in [2.45, 2.75) is 0 Å². The third kappa shape index (κ3) is 4.25. The molecular formula is C50H34N2. The van der Waals surface area contributed by atoms with Gasteiger partial charge >= 0.3 is 0 Å². The Morgan fingerprint density at radius 3 is 1.10 bits per heavy atom. The van der Waals surface area contributed by atoms with Crippen molar-refractivity contribution in [2.75, 3.05) is 23.9 Å². The van der Waals surface area contributed by atoms with E-state index in [0.717, 1.165) is 0 Å². The summed E-state index contributed by atoms with van der Waals surface area (Å²) >= 11 is 0. The molecule has 2 aliphatic heterocycles. The maximum Gasteiger partial charge on any atom is 0.0496 e. The molecule has 0 saturated carbocycles. The molecule has 9 aromatic carbocycles. The number of benzene rings is 9. The van der Waals surface area contributed by atoms with Crippen molar-refractivity contribution >= 4 is 55.1 Å². The molecule has 0 radical (unpaired) electrons. The molecule has 0 atom stereocenters. The minimum atomic E-state index is 1.22. The van der Waals surface area contributed by atoms with E-state index in [-0.39, 0.29) is 0 Å². The van der Waals surface area contributed by atoms with Crippen LogP contribution in [-0.4, -0.2) is 14.1 Å². The summed E-state index contributed by atoms with van der Waals surface area (Å²) in [7, 11) is 4.43. The summed E-state index contributed by atoms with van der Waals surface area (Å²) < 4.78 is 0. The highest BCUT2D eigenvalue weighted by Gasteiger charge is 2.30. The SMILES string of the molecule is CN1c2cc(-c3ccc(-c4ccc5ccccc5c4)cc3)ccc2-c2ccc3c4c(ccc1c24)N(C)c1cc(-c2ccc4ccccc4c2)ccc1-3. The highest BCUT2D eigenvalue weighted by molar-refractivity contribution is 6.23. The second-order valence-electron chi connectivity index (χ2n) is 14.3. The fourth-order valence-electron chi connectivity index (χ4n) is 8.75. The number of hydrogen-bond acceptors (Lipinski definition) is 2. The first kappa shape index (κ1) is 29.1. The van der Waals surface area contributed by atoms with Gasteiger partial charge in [-0.1, -0.05) is 133 Å². The van der Waals surface area contributed by atoms with Crippen molar-refractivity contribution in [2.24, 2.45) is 0 Å². The van der Waals surface area contributed by atoms with Crippen LogP contribution in [0.1, 0.15) is 0 Å². The van der Waals surface area contributed by atoms with Crippen LogP contribution >= 0.6 is 0 Å². The summed E-state index contributed by atoms with van der Waals surface area (Å²) in [6.07, 6.45) is 0. The lowest BCUT2D eigenvalue weighted by Gasteiger charge is -2.36. The van der Waals surface area contributed by atoms with E-state index < -0.39 is 0 Å². The largest absolute Gasteiger partial charge is 0.344 e. The monoisotopic (exact) mass is 662 g/mol. The first-order chi connectivity index (χ1) is 25.6. The van der Waals surface area contributed by atoms with Crippen molar-refractivity contribution in [1.29, 1.82) is 0 Å². The number of fused-ring (bicyclic) bond motifs is 6. The topological polar surface area (TPSA) is 6.48 Å². The first-order valence-corrected chi connectivity index (χ1v) is 18.0. The summed E-state index contributed by atoms with van der Waals surface area (Å²) in [5, 5.41) is 7.73. The minimum Gasteiger partial charge on any atom is -0.344 e. The van der Waals surface area contributed by atoms with Crippen molar-refractivity contribution in [3.8, 4) is 55.6 Å². The quantitative estimate of drug-likeness (QED) is 0.186. The fraction of sp³-hybridized carbons (Fsp3) is 0.0400. The van der Waals surface area contributed by atoms with E-state index in [1.165, 1.54) is 111 Å². The Hall–Kier alpha value is -6.64. The van der Waals surface area contributed by atoms with E-state index >= 15 is 0 Å². The number of nitrogens with zero attached hydrogens (tertiary/aromatic N) is 2. The van der Waals surface area contributed by atoms with Gasteiger partial charge in [-0.05, 0) is 102 Å². The van der Waals surface area contributed by atoms with E-state index in [2.05, 4.69) is 194 Å². The van der Waals surface area contributed by atoms with Gasteiger partial charge in [-0.3, -0.25) is 0 Å². The van der Waals surface area contributed by atoms with Gasteiger partial charge in [-0.25, -0.2) is 0 Å². The lowest BCUT2D eigenvalue weighted by molar-refractivity contribution is 1.19. The summed E-state index contributed by atoms with van der Waals surface area (Å²) in [6, 6.07) is 62.9. The van der Waals surface area contributed by atoms with Crippen LogP contribution < -0.4 is 9.80 Å². The molecule has 52 heavy (non-hydrogen) atoms. The molecule has 0 saturated heterocycles. The number of hydrogen-bond donors (Lipinski definition) is 0. The molecule has 11 rings (SSSR count). The second-order valence-corrected chi connectivity index (χ2v) is 14.3. The van der Waals surface area contributed by atoms with Crippen molar-refractivity contribution in [3.05, 3.63) is 170 Å². The molecule has 0 spiro atoms. The highest BCUT2D eigenvalue weighted by atomic mass is 15.1. The summed E-state index contributed by atoms with van der Waals surface area (Å²) in [6.45, 7) is 0. The van der Waals surface area contributed by atoms with Gasteiger partial charge < -0.3 is 9.80 Å². The molecule has 2 heteroatoms. The van der Waals surface area contributed by atoms with E-state index in [4.69, 9.17) is 0 Å². The van der Waals surface area contributed by atoms with Crippen molar-refractivity contribution in [3.63, 3.8) is 0 Å². The van der Waals surface area contributed by atoms with Crippen LogP contribution in [-0.2, 0) is 0 Å². The highest BCUT2D eigenvalue weighted by Crippen LogP contribution is 2.56. The molecule has 0 amide bonds. The lowest BCUT2D eigenvalue weighted by Crippen LogP contribution is -2.19. The van der Waals surface area contributed by atoms with Gasteiger partial charge in [-0.2, -0.15) is 0 Å². The molecule has 9 aromatic rings. The van der Waals surface area contributed by atoms with Crippen molar-refractivity contribution in [1.82, 2.24) is 0 Å². The average Bonchev–Trinajstić information content (AvgIpc) is 3.21. The van der Waals surface area contributed by atoms with Gasteiger partial charge in [0.25, 0.3) is 0 Å². The van der Waals surface area contributed by atoms with Crippen molar-refractivity contribution < 1.29 is 0 Å². The molecule has 0 bridgehead atoms. The van der Waals surface area contributed by atoms with E-state index in [1.807, 2.05) is 0 Å². The Morgan fingerprint density at radius 1 is 0.269 bits per heavy atom.